The minimum Gasteiger partial charge on any atom is -0.479 e. The second-order valence-electron chi connectivity index (χ2n) is 2.59. The lowest BCUT2D eigenvalue weighted by Gasteiger charge is -2.06. The molecule has 1 aromatic carbocycles. The third-order valence-electron chi connectivity index (χ3n) is 1.66. The van der Waals surface area contributed by atoms with Gasteiger partial charge in [-0.3, -0.25) is 0 Å². The minimum atomic E-state index is -1.61. The maximum Gasteiger partial charge on any atom is 0.337 e. The minimum absolute atomic E-state index is 0.130. The van der Waals surface area contributed by atoms with E-state index in [0.29, 0.717) is 0 Å². The first-order valence-electron chi connectivity index (χ1n) is 3.66. The fourth-order valence-corrected chi connectivity index (χ4v) is 1.17. The van der Waals surface area contributed by atoms with E-state index in [-0.39, 0.29) is 16.1 Å². The number of aliphatic hydroxyl groups excluding tert-OH is 1. The van der Waals surface area contributed by atoms with Gasteiger partial charge in [0.1, 0.15) is 6.07 Å². The predicted octanol–water partition coefficient (Wildman–Crippen LogP) is 1.33. The van der Waals surface area contributed by atoms with Crippen LogP contribution in [0.25, 0.3) is 0 Å². The number of benzene rings is 1. The van der Waals surface area contributed by atoms with Gasteiger partial charge in [0.15, 0.2) is 6.10 Å². The van der Waals surface area contributed by atoms with Gasteiger partial charge in [0, 0.05) is 0 Å². The van der Waals surface area contributed by atoms with Gasteiger partial charge in [-0.05, 0) is 17.7 Å². The molecule has 0 aromatic heterocycles. The normalized spacial score (nSPS) is 11.8. The van der Waals surface area contributed by atoms with Crippen molar-refractivity contribution in [3.63, 3.8) is 0 Å². The van der Waals surface area contributed by atoms with Gasteiger partial charge in [0.2, 0.25) is 0 Å². The molecule has 1 rings (SSSR count). The molecule has 0 fully saturated rings. The van der Waals surface area contributed by atoms with Gasteiger partial charge in [0.25, 0.3) is 0 Å². The van der Waals surface area contributed by atoms with Crippen LogP contribution in [0.3, 0.4) is 0 Å². The van der Waals surface area contributed by atoms with Crippen LogP contribution >= 0.6 is 11.6 Å². The third kappa shape index (κ3) is 2.02. The Bertz CT molecular complexity index is 411. The molecule has 0 aliphatic heterocycles. The molecule has 0 amide bonds. The Morgan fingerprint density at radius 2 is 2.21 bits per heavy atom. The van der Waals surface area contributed by atoms with E-state index < -0.39 is 12.1 Å². The van der Waals surface area contributed by atoms with Gasteiger partial charge in [-0.1, -0.05) is 17.7 Å². The van der Waals surface area contributed by atoms with Gasteiger partial charge in [-0.15, -0.1) is 0 Å². The van der Waals surface area contributed by atoms with Gasteiger partial charge >= 0.3 is 5.97 Å². The summed E-state index contributed by atoms with van der Waals surface area (Å²) >= 11 is 5.65. The van der Waals surface area contributed by atoms with E-state index in [1.165, 1.54) is 18.2 Å². The summed E-state index contributed by atoms with van der Waals surface area (Å²) in [5.41, 5.74) is 0.398. The highest BCUT2D eigenvalue weighted by atomic mass is 35.5. The molecule has 0 saturated carbocycles. The fourth-order valence-electron chi connectivity index (χ4n) is 0.935. The Morgan fingerprint density at radius 3 is 2.64 bits per heavy atom. The Labute approximate surface area is 85.0 Å². The number of hydrogen-bond donors (Lipinski definition) is 2. The molecule has 14 heavy (non-hydrogen) atoms. The van der Waals surface area contributed by atoms with E-state index in [2.05, 4.69) is 0 Å². The largest absolute Gasteiger partial charge is 0.479 e. The molecule has 1 atom stereocenters. The topological polar surface area (TPSA) is 81.3 Å². The van der Waals surface area contributed by atoms with Crippen LogP contribution in [0, 0.1) is 11.3 Å². The van der Waals surface area contributed by atoms with Gasteiger partial charge in [0.05, 0.1) is 10.6 Å². The van der Waals surface area contributed by atoms with Gasteiger partial charge in [-0.25, -0.2) is 4.79 Å². The van der Waals surface area contributed by atoms with Crippen molar-refractivity contribution in [2.45, 2.75) is 6.10 Å². The van der Waals surface area contributed by atoms with Crippen molar-refractivity contribution in [1.29, 1.82) is 5.26 Å². The lowest BCUT2D eigenvalue weighted by Crippen LogP contribution is -2.10. The molecule has 0 aliphatic carbocycles. The smallest absolute Gasteiger partial charge is 0.337 e. The highest BCUT2D eigenvalue weighted by Crippen LogP contribution is 2.21. The van der Waals surface area contributed by atoms with Crippen LogP contribution in [0.15, 0.2) is 18.2 Å². The molecule has 1 unspecified atom stereocenters. The predicted molar refractivity (Wildman–Crippen MR) is 48.8 cm³/mol. The summed E-state index contributed by atoms with van der Waals surface area (Å²) in [6.45, 7) is 0. The van der Waals surface area contributed by atoms with Crippen LogP contribution in [0.4, 0.5) is 0 Å². The lowest BCUT2D eigenvalue weighted by atomic mass is 10.1. The number of carboxylic acids is 1. The number of aliphatic carboxylic acids is 1. The highest BCUT2D eigenvalue weighted by molar-refractivity contribution is 6.31. The van der Waals surface area contributed by atoms with Crippen molar-refractivity contribution in [3.05, 3.63) is 34.3 Å². The number of carboxylic acid groups (broad SMARTS) is 1. The Morgan fingerprint density at radius 1 is 1.57 bits per heavy atom. The second-order valence-corrected chi connectivity index (χ2v) is 3.00. The molecule has 0 radical (unpaired) electrons. The Hall–Kier alpha value is -1.57. The molecule has 5 heteroatoms. The first-order valence-corrected chi connectivity index (χ1v) is 4.04. The quantitative estimate of drug-likeness (QED) is 0.773. The number of rotatable bonds is 2. The molecular formula is C9H6ClNO3. The highest BCUT2D eigenvalue weighted by Gasteiger charge is 2.16. The average molecular weight is 212 g/mol. The van der Waals surface area contributed by atoms with E-state index in [9.17, 15) is 4.79 Å². The zero-order valence-corrected chi connectivity index (χ0v) is 7.69. The van der Waals surface area contributed by atoms with E-state index in [1.54, 1.807) is 0 Å². The monoisotopic (exact) mass is 211 g/mol. The lowest BCUT2D eigenvalue weighted by molar-refractivity contribution is -0.146. The molecular weight excluding hydrogens is 206 g/mol. The summed E-state index contributed by atoms with van der Waals surface area (Å²) in [5, 5.41) is 26.3. The van der Waals surface area contributed by atoms with Crippen LogP contribution in [-0.2, 0) is 4.79 Å². The van der Waals surface area contributed by atoms with E-state index in [1.807, 2.05) is 6.07 Å². The number of aliphatic hydroxyl groups is 1. The van der Waals surface area contributed by atoms with Gasteiger partial charge in [-0.2, -0.15) is 5.26 Å². The van der Waals surface area contributed by atoms with Crippen molar-refractivity contribution in [1.82, 2.24) is 0 Å². The molecule has 1 aromatic rings. The van der Waals surface area contributed by atoms with Crippen LogP contribution in [0.2, 0.25) is 5.02 Å². The molecule has 72 valence electrons. The Kier molecular flexibility index (Phi) is 3.07. The van der Waals surface area contributed by atoms with Crippen LogP contribution in [0.1, 0.15) is 17.2 Å². The first kappa shape index (κ1) is 10.5. The van der Waals surface area contributed by atoms with Crippen molar-refractivity contribution in [3.8, 4) is 6.07 Å². The number of hydrogen-bond acceptors (Lipinski definition) is 3. The number of carbonyl (C=O) groups is 1. The molecule has 0 bridgehead atoms. The van der Waals surface area contributed by atoms with E-state index in [4.69, 9.17) is 27.1 Å². The van der Waals surface area contributed by atoms with E-state index in [0.717, 1.165) is 0 Å². The molecule has 0 spiro atoms. The Balaban J connectivity index is 3.10. The SMILES string of the molecule is N#Cc1ccc(C(O)C(=O)O)cc1Cl. The number of nitrogens with zero attached hydrogens (tertiary/aromatic N) is 1. The summed E-state index contributed by atoms with van der Waals surface area (Å²) in [4.78, 5) is 10.4. The van der Waals surface area contributed by atoms with Crippen LogP contribution in [0.5, 0.6) is 0 Å². The molecule has 4 nitrogen and oxygen atoms in total. The van der Waals surface area contributed by atoms with Crippen LogP contribution < -0.4 is 0 Å². The van der Waals surface area contributed by atoms with E-state index >= 15 is 0 Å². The molecule has 0 aliphatic rings. The zero-order valence-electron chi connectivity index (χ0n) is 6.94. The van der Waals surface area contributed by atoms with Crippen LogP contribution in [-0.4, -0.2) is 16.2 Å². The third-order valence-corrected chi connectivity index (χ3v) is 1.98. The summed E-state index contributed by atoms with van der Waals surface area (Å²) in [5.74, 6) is -1.36. The number of nitriles is 1. The standard InChI is InChI=1S/C9H6ClNO3/c10-7-3-5(8(12)9(13)14)1-2-6(7)4-11/h1-3,8,12H,(H,13,14). The second kappa shape index (κ2) is 4.09. The van der Waals surface area contributed by atoms with Crippen molar-refractivity contribution in [2.24, 2.45) is 0 Å². The first-order chi connectivity index (χ1) is 6.56. The average Bonchev–Trinajstić information content (AvgIpc) is 2.16. The maximum absolute atomic E-state index is 10.4. The molecule has 2 N–H and O–H groups in total. The number of halogens is 1. The van der Waals surface area contributed by atoms with Gasteiger partial charge < -0.3 is 10.2 Å². The fraction of sp³-hybridized carbons (Fsp3) is 0.111. The van der Waals surface area contributed by atoms with Crippen molar-refractivity contribution >= 4 is 17.6 Å². The molecule has 0 heterocycles. The summed E-state index contributed by atoms with van der Waals surface area (Å²) in [7, 11) is 0. The molecule has 0 saturated heterocycles. The summed E-state index contributed by atoms with van der Waals surface area (Å²) in [6.07, 6.45) is -1.61. The summed E-state index contributed by atoms with van der Waals surface area (Å²) < 4.78 is 0. The maximum atomic E-state index is 10.4. The zero-order chi connectivity index (χ0) is 10.7. The van der Waals surface area contributed by atoms with Crippen molar-refractivity contribution in [2.75, 3.05) is 0 Å². The van der Waals surface area contributed by atoms with Crippen molar-refractivity contribution < 1.29 is 15.0 Å². The summed E-state index contributed by atoms with van der Waals surface area (Å²) in [6, 6.07) is 5.81.